The molecule has 0 saturated heterocycles. The van der Waals surface area contributed by atoms with E-state index in [9.17, 15) is 13.5 Å². The van der Waals surface area contributed by atoms with Crippen LogP contribution in [0.2, 0.25) is 0 Å². The average molecular weight is 365 g/mol. The van der Waals surface area contributed by atoms with Gasteiger partial charge in [-0.1, -0.05) is 103 Å². The van der Waals surface area contributed by atoms with Crippen molar-refractivity contribution in [1.29, 1.82) is 0 Å². The Labute approximate surface area is 150 Å². The predicted octanol–water partition coefficient (Wildman–Crippen LogP) is 5.50. The van der Waals surface area contributed by atoms with Crippen molar-refractivity contribution < 1.29 is 18.1 Å². The molecule has 1 unspecified atom stereocenters. The van der Waals surface area contributed by atoms with Crippen molar-refractivity contribution in [3.8, 4) is 0 Å². The normalized spacial score (nSPS) is 13.3. The number of unbranched alkanes of at least 4 members (excludes halogenated alkanes) is 14. The lowest BCUT2D eigenvalue weighted by Crippen LogP contribution is -2.19. The molecule has 1 atom stereocenters. The Hall–Kier alpha value is -0.130. The molecule has 0 fully saturated rings. The van der Waals surface area contributed by atoms with Gasteiger partial charge in [-0.2, -0.15) is 8.42 Å². The summed E-state index contributed by atoms with van der Waals surface area (Å²) in [7, 11) is -4.04. The average Bonchev–Trinajstić information content (AvgIpc) is 2.49. The van der Waals surface area contributed by atoms with Crippen molar-refractivity contribution in [2.24, 2.45) is 0 Å². The fourth-order valence-corrected chi connectivity index (χ4v) is 3.73. The topological polar surface area (TPSA) is 74.6 Å². The quantitative estimate of drug-likeness (QED) is 0.249. The minimum absolute atomic E-state index is 0.456. The summed E-state index contributed by atoms with van der Waals surface area (Å²) in [5, 5.41) is 9.45. The first kappa shape index (κ1) is 23.9. The first-order valence-electron chi connectivity index (χ1n) is 10.1. The zero-order valence-electron chi connectivity index (χ0n) is 15.7. The summed E-state index contributed by atoms with van der Waals surface area (Å²) in [4.78, 5) is 0. The third kappa shape index (κ3) is 19.9. The van der Waals surface area contributed by atoms with Crippen LogP contribution in [0.3, 0.4) is 0 Å². The van der Waals surface area contributed by atoms with Gasteiger partial charge in [0.05, 0.1) is 6.10 Å². The SMILES string of the molecule is CCCCCCCCCCCCCCCCCC(O)CS(=O)(=O)O. The van der Waals surface area contributed by atoms with Gasteiger partial charge in [0.2, 0.25) is 0 Å². The van der Waals surface area contributed by atoms with Crippen molar-refractivity contribution >= 4 is 10.1 Å². The molecule has 4 nitrogen and oxygen atoms in total. The van der Waals surface area contributed by atoms with Gasteiger partial charge in [-0.15, -0.1) is 0 Å². The Balaban J connectivity index is 3.15. The van der Waals surface area contributed by atoms with Gasteiger partial charge < -0.3 is 5.11 Å². The van der Waals surface area contributed by atoms with Gasteiger partial charge >= 0.3 is 0 Å². The molecule has 2 N–H and O–H groups in total. The van der Waals surface area contributed by atoms with E-state index in [4.69, 9.17) is 4.55 Å². The van der Waals surface area contributed by atoms with Crippen molar-refractivity contribution in [1.82, 2.24) is 0 Å². The van der Waals surface area contributed by atoms with Crippen LogP contribution in [0.15, 0.2) is 0 Å². The Morgan fingerprint density at radius 1 is 0.667 bits per heavy atom. The van der Waals surface area contributed by atoms with Crippen molar-refractivity contribution in [3.05, 3.63) is 0 Å². The molecule has 24 heavy (non-hydrogen) atoms. The summed E-state index contributed by atoms with van der Waals surface area (Å²) in [5.41, 5.74) is 0. The molecule has 0 rings (SSSR count). The summed E-state index contributed by atoms with van der Waals surface area (Å²) in [6.45, 7) is 2.26. The summed E-state index contributed by atoms with van der Waals surface area (Å²) in [6.07, 6.45) is 18.8. The van der Waals surface area contributed by atoms with Crippen LogP contribution in [0, 0.1) is 0 Å². The minimum atomic E-state index is -4.04. The highest BCUT2D eigenvalue weighted by Gasteiger charge is 2.13. The standard InChI is InChI=1S/C19H40O4S/c1-2-3-4-5-6-7-8-9-10-11-12-13-14-15-16-17-19(20)18-24(21,22)23/h19-20H,2-18H2,1H3,(H,21,22,23). The zero-order chi connectivity index (χ0) is 18.1. The maximum absolute atomic E-state index is 10.6. The van der Waals surface area contributed by atoms with Gasteiger partial charge in [0, 0.05) is 0 Å². The van der Waals surface area contributed by atoms with Gasteiger partial charge in [-0.25, -0.2) is 0 Å². The third-order valence-electron chi connectivity index (χ3n) is 4.54. The molecule has 146 valence electrons. The monoisotopic (exact) mass is 364 g/mol. The van der Waals surface area contributed by atoms with Gasteiger partial charge in [0.25, 0.3) is 10.1 Å². The number of aliphatic hydroxyl groups excluding tert-OH is 1. The number of aliphatic hydroxyl groups is 1. The molecular formula is C19H40O4S. The molecule has 0 aliphatic rings. The number of rotatable bonds is 18. The highest BCUT2D eigenvalue weighted by molar-refractivity contribution is 7.85. The van der Waals surface area contributed by atoms with Crippen molar-refractivity contribution in [3.63, 3.8) is 0 Å². The minimum Gasteiger partial charge on any atom is -0.392 e. The second kappa shape index (κ2) is 16.3. The zero-order valence-corrected chi connectivity index (χ0v) is 16.5. The first-order valence-corrected chi connectivity index (χ1v) is 11.7. The predicted molar refractivity (Wildman–Crippen MR) is 102 cm³/mol. The molecule has 0 aromatic heterocycles. The first-order chi connectivity index (χ1) is 11.5. The van der Waals surface area contributed by atoms with E-state index in [0.717, 1.165) is 19.3 Å². The Morgan fingerprint density at radius 2 is 1.00 bits per heavy atom. The highest BCUT2D eigenvalue weighted by atomic mass is 32.2. The van der Waals surface area contributed by atoms with E-state index in [-0.39, 0.29) is 0 Å². The molecule has 0 amide bonds. The van der Waals surface area contributed by atoms with Crippen molar-refractivity contribution in [2.45, 2.75) is 116 Å². The molecule has 0 saturated carbocycles. The molecular weight excluding hydrogens is 324 g/mol. The van der Waals surface area contributed by atoms with Crippen LogP contribution in [0.5, 0.6) is 0 Å². The van der Waals surface area contributed by atoms with Crippen LogP contribution in [0.1, 0.15) is 110 Å². The van der Waals surface area contributed by atoms with Crippen LogP contribution in [-0.4, -0.2) is 29.9 Å². The lowest BCUT2D eigenvalue weighted by Gasteiger charge is -2.08. The summed E-state index contributed by atoms with van der Waals surface area (Å²) >= 11 is 0. The Morgan fingerprint density at radius 3 is 1.33 bits per heavy atom. The van der Waals surface area contributed by atoms with Gasteiger partial charge in [-0.3, -0.25) is 4.55 Å². The molecule has 0 bridgehead atoms. The molecule has 0 aromatic rings. The van der Waals surface area contributed by atoms with E-state index in [0.29, 0.717) is 6.42 Å². The second-order valence-corrected chi connectivity index (χ2v) is 8.64. The summed E-state index contributed by atoms with van der Waals surface area (Å²) < 4.78 is 29.8. The van der Waals surface area contributed by atoms with E-state index >= 15 is 0 Å². The fraction of sp³-hybridized carbons (Fsp3) is 1.00. The molecule has 0 aliphatic carbocycles. The van der Waals surface area contributed by atoms with Crippen LogP contribution in [-0.2, 0) is 10.1 Å². The lowest BCUT2D eigenvalue weighted by atomic mass is 10.0. The van der Waals surface area contributed by atoms with Crippen LogP contribution < -0.4 is 0 Å². The van der Waals surface area contributed by atoms with E-state index in [1.807, 2.05) is 0 Å². The smallest absolute Gasteiger partial charge is 0.267 e. The number of hydrogen-bond acceptors (Lipinski definition) is 3. The lowest BCUT2D eigenvalue weighted by molar-refractivity contribution is 0.180. The maximum Gasteiger partial charge on any atom is 0.267 e. The van der Waals surface area contributed by atoms with E-state index < -0.39 is 22.0 Å². The highest BCUT2D eigenvalue weighted by Crippen LogP contribution is 2.14. The largest absolute Gasteiger partial charge is 0.392 e. The van der Waals surface area contributed by atoms with E-state index in [1.54, 1.807) is 0 Å². The molecule has 0 aromatic carbocycles. The second-order valence-electron chi connectivity index (χ2n) is 7.14. The number of hydrogen-bond donors (Lipinski definition) is 2. The molecule has 5 heteroatoms. The van der Waals surface area contributed by atoms with Gasteiger partial charge in [0.1, 0.15) is 5.75 Å². The molecule has 0 heterocycles. The van der Waals surface area contributed by atoms with Crippen molar-refractivity contribution in [2.75, 3.05) is 5.75 Å². The summed E-state index contributed by atoms with van der Waals surface area (Å²) in [6, 6.07) is 0. The van der Waals surface area contributed by atoms with Crippen LogP contribution >= 0.6 is 0 Å². The van der Waals surface area contributed by atoms with Crippen LogP contribution in [0.4, 0.5) is 0 Å². The molecule has 0 radical (unpaired) electrons. The molecule has 0 aliphatic heterocycles. The maximum atomic E-state index is 10.6. The van der Waals surface area contributed by atoms with Gasteiger partial charge in [-0.05, 0) is 6.42 Å². The molecule has 0 spiro atoms. The Bertz CT molecular complexity index is 354. The van der Waals surface area contributed by atoms with E-state index in [1.165, 1.54) is 77.0 Å². The summed E-state index contributed by atoms with van der Waals surface area (Å²) in [5.74, 6) is -0.536. The van der Waals surface area contributed by atoms with E-state index in [2.05, 4.69) is 6.92 Å². The third-order valence-corrected chi connectivity index (χ3v) is 5.35. The van der Waals surface area contributed by atoms with Gasteiger partial charge in [0.15, 0.2) is 0 Å². The fourth-order valence-electron chi connectivity index (χ4n) is 3.08. The Kier molecular flexibility index (Phi) is 16.3. The van der Waals surface area contributed by atoms with Crippen LogP contribution in [0.25, 0.3) is 0 Å².